The molecule has 0 saturated carbocycles. The highest BCUT2D eigenvalue weighted by Gasteiger charge is 2.61. The number of benzene rings is 4. The van der Waals surface area contributed by atoms with Gasteiger partial charge in [0.15, 0.2) is 5.82 Å². The van der Waals surface area contributed by atoms with Crippen LogP contribution in [0.3, 0.4) is 0 Å². The zero-order valence-corrected chi connectivity index (χ0v) is 46.5. The summed E-state index contributed by atoms with van der Waals surface area (Å²) in [4.78, 5) is 47.5. The second-order valence-electron chi connectivity index (χ2n) is 20.0. The molecule has 21 heteroatoms. The maximum absolute atomic E-state index is 16.2. The first-order valence-corrected chi connectivity index (χ1v) is 26.8. The standard InChI is InChI=1S/C56H58Cl3F2N9O6S/c1-30-31(2)77-54-46(30)49(33-11-14-35(57)15-12-33)65-42(51-69-68-32(3)70(51)54)27-45(71)63-19-21-75-23-24-76-22-20-64-52(72)34-13-18-41(43(25-34)74-7)66-53(73)50-47(37-9-8-10-39(59)48(37)61)56(29-62,44(67-50)28-55(4,5)6)38-17-16-36(58)26-40(38)60/h8-18,25-26,42,44,47,50,67H,19-24,27-28H2,1-7H3,(H,63,71)(H,64,72)(H,66,73)/t42-,44?,47?,50?,56?/m0/s1. The molecule has 5 atom stereocenters. The maximum Gasteiger partial charge on any atom is 0.251 e. The fraction of sp³-hybridized carbons (Fsp3) is 0.375. The molecule has 8 rings (SSSR count). The number of ether oxygens (including phenoxy) is 3. The van der Waals surface area contributed by atoms with Gasteiger partial charge >= 0.3 is 0 Å². The Hall–Kier alpha value is -6.30. The number of anilines is 1. The first-order chi connectivity index (χ1) is 36.8. The fourth-order valence-corrected chi connectivity index (χ4v) is 11.7. The van der Waals surface area contributed by atoms with Crippen LogP contribution >= 0.6 is 46.1 Å². The quantitative estimate of drug-likeness (QED) is 0.0567. The lowest BCUT2D eigenvalue weighted by Gasteiger charge is -2.37. The number of methoxy groups -OCH3 is 1. The number of nitrogens with one attached hydrogen (secondary N) is 4. The van der Waals surface area contributed by atoms with Crippen molar-refractivity contribution < 1.29 is 37.4 Å². The van der Waals surface area contributed by atoms with Crippen LogP contribution in [0.1, 0.15) is 100 Å². The molecule has 4 heterocycles. The molecule has 4 unspecified atom stereocenters. The second kappa shape index (κ2) is 24.2. The fourth-order valence-electron chi connectivity index (χ4n) is 10.0. The number of aliphatic imine (C=N–C) groups is 1. The number of nitriles is 1. The summed E-state index contributed by atoms with van der Waals surface area (Å²) >= 11 is 20.3. The molecule has 0 spiro atoms. The predicted octanol–water partition coefficient (Wildman–Crippen LogP) is 10.3. The molecule has 4 N–H and O–H groups in total. The number of fused-ring (bicyclic) bond motifs is 3. The van der Waals surface area contributed by atoms with Crippen LogP contribution in [-0.4, -0.2) is 96.9 Å². The van der Waals surface area contributed by atoms with Gasteiger partial charge in [0, 0.05) is 62.2 Å². The van der Waals surface area contributed by atoms with E-state index in [1.165, 1.54) is 55.6 Å². The van der Waals surface area contributed by atoms with Gasteiger partial charge in [-0.3, -0.25) is 23.9 Å². The van der Waals surface area contributed by atoms with E-state index in [1.54, 1.807) is 11.3 Å². The molecule has 4 aromatic carbocycles. The highest BCUT2D eigenvalue weighted by molar-refractivity contribution is 7.15. The summed E-state index contributed by atoms with van der Waals surface area (Å²) in [7, 11) is 1.37. The van der Waals surface area contributed by atoms with E-state index in [4.69, 9.17) is 54.0 Å². The third-order valence-corrected chi connectivity index (χ3v) is 15.6. The number of halogens is 5. The molecule has 77 heavy (non-hydrogen) atoms. The van der Waals surface area contributed by atoms with Crippen LogP contribution in [0.5, 0.6) is 5.75 Å². The van der Waals surface area contributed by atoms with E-state index in [2.05, 4.69) is 51.4 Å². The van der Waals surface area contributed by atoms with Crippen LogP contribution in [-0.2, 0) is 24.5 Å². The van der Waals surface area contributed by atoms with Gasteiger partial charge in [0.1, 0.15) is 39.7 Å². The van der Waals surface area contributed by atoms with Crippen molar-refractivity contribution in [3.63, 3.8) is 0 Å². The third-order valence-electron chi connectivity index (χ3n) is 13.7. The Morgan fingerprint density at radius 2 is 1.60 bits per heavy atom. The molecule has 1 saturated heterocycles. The summed E-state index contributed by atoms with van der Waals surface area (Å²) in [5, 5.41) is 33.3. The molecule has 404 valence electrons. The van der Waals surface area contributed by atoms with E-state index < -0.39 is 58.3 Å². The maximum atomic E-state index is 16.2. The van der Waals surface area contributed by atoms with Crippen molar-refractivity contribution in [2.75, 3.05) is 51.9 Å². The minimum atomic E-state index is -1.82. The van der Waals surface area contributed by atoms with Crippen molar-refractivity contribution in [2.45, 2.75) is 83.8 Å². The van der Waals surface area contributed by atoms with E-state index in [0.29, 0.717) is 16.7 Å². The Kier molecular flexibility index (Phi) is 17.8. The smallest absolute Gasteiger partial charge is 0.251 e. The van der Waals surface area contributed by atoms with Gasteiger partial charge in [0.2, 0.25) is 11.8 Å². The number of rotatable bonds is 19. The first-order valence-electron chi connectivity index (χ1n) is 24.9. The van der Waals surface area contributed by atoms with E-state index in [1.807, 2.05) is 56.5 Å². The van der Waals surface area contributed by atoms with Gasteiger partial charge in [-0.25, -0.2) is 8.78 Å². The number of aromatic nitrogens is 3. The molecular weight excluding hydrogens is 1070 g/mol. The lowest BCUT2D eigenvalue weighted by Crippen LogP contribution is -2.45. The largest absolute Gasteiger partial charge is 0.495 e. The summed E-state index contributed by atoms with van der Waals surface area (Å²) in [6, 6.07) is 19.8. The SMILES string of the molecule is COc1cc(C(=O)NCCOCCOCCNC(=O)C[C@@H]2N=C(c3ccc(Cl)cc3)c3c(sc(C)c3C)-n3c(C)nnc32)ccc1NC(=O)C1NC(CC(C)(C)C)C(C#N)(c2ccc(Cl)cc2F)C1c1cccc(Cl)c1F. The number of thiophene rings is 1. The van der Waals surface area contributed by atoms with Crippen LogP contribution < -0.4 is 26.0 Å². The van der Waals surface area contributed by atoms with E-state index in [-0.39, 0.29) is 96.4 Å². The van der Waals surface area contributed by atoms with Crippen LogP contribution in [0.2, 0.25) is 15.1 Å². The highest BCUT2D eigenvalue weighted by Crippen LogP contribution is 2.53. The molecule has 15 nitrogen and oxygen atoms in total. The summed E-state index contributed by atoms with van der Waals surface area (Å²) < 4.78 is 51.3. The van der Waals surface area contributed by atoms with E-state index in [9.17, 15) is 19.6 Å². The summed E-state index contributed by atoms with van der Waals surface area (Å²) in [6.45, 7) is 13.2. The van der Waals surface area contributed by atoms with Crippen molar-refractivity contribution in [1.29, 1.82) is 5.26 Å². The average molecular weight is 1130 g/mol. The summed E-state index contributed by atoms with van der Waals surface area (Å²) in [6.07, 6.45) is 0.326. The zero-order chi connectivity index (χ0) is 55.3. The van der Waals surface area contributed by atoms with Crippen LogP contribution in [0, 0.1) is 49.2 Å². The molecule has 0 aliphatic carbocycles. The first kappa shape index (κ1) is 56.9. The molecule has 3 amide bonds. The number of amides is 3. The molecule has 2 aliphatic heterocycles. The molecule has 2 aromatic heterocycles. The minimum Gasteiger partial charge on any atom is -0.495 e. The molecular formula is C56H58Cl3F2N9O6S. The number of nitrogens with zero attached hydrogens (tertiary/aromatic N) is 5. The van der Waals surface area contributed by atoms with E-state index in [0.717, 1.165) is 38.3 Å². The Morgan fingerprint density at radius 1 is 0.896 bits per heavy atom. The predicted molar refractivity (Wildman–Crippen MR) is 294 cm³/mol. The van der Waals surface area contributed by atoms with Gasteiger partial charge in [-0.1, -0.05) is 85.9 Å². The van der Waals surface area contributed by atoms with Crippen LogP contribution in [0.4, 0.5) is 14.5 Å². The highest BCUT2D eigenvalue weighted by atomic mass is 35.5. The Labute approximate surface area is 464 Å². The van der Waals surface area contributed by atoms with Crippen molar-refractivity contribution in [3.05, 3.63) is 155 Å². The third kappa shape index (κ3) is 12.2. The topological polar surface area (TPSA) is 194 Å². The van der Waals surface area contributed by atoms with Gasteiger partial charge in [-0.2, -0.15) is 5.26 Å². The van der Waals surface area contributed by atoms with Gasteiger partial charge in [-0.05, 0) is 92.3 Å². The zero-order valence-electron chi connectivity index (χ0n) is 43.5. The number of aryl methyl sites for hydroxylation is 2. The number of carbonyl (C=O) groups excluding carboxylic acids is 3. The molecule has 6 aromatic rings. The lowest BCUT2D eigenvalue weighted by molar-refractivity contribution is -0.121. The van der Waals surface area contributed by atoms with Crippen molar-refractivity contribution in [3.8, 4) is 16.8 Å². The summed E-state index contributed by atoms with van der Waals surface area (Å²) in [5.74, 6) is -2.82. The van der Waals surface area contributed by atoms with Gasteiger partial charge in [-0.15, -0.1) is 21.5 Å². The molecule has 2 aliphatic rings. The van der Waals surface area contributed by atoms with Gasteiger partial charge in [0.05, 0.1) is 68.5 Å². The molecule has 0 radical (unpaired) electrons. The number of hydrogen-bond acceptors (Lipinski definition) is 12. The normalized spacial score (nSPS) is 18.9. The van der Waals surface area contributed by atoms with Crippen molar-refractivity contribution in [1.82, 2.24) is 30.7 Å². The van der Waals surface area contributed by atoms with Crippen molar-refractivity contribution in [2.24, 2.45) is 10.4 Å². The van der Waals surface area contributed by atoms with Gasteiger partial charge < -0.3 is 35.5 Å². The average Bonchev–Trinajstić information content (AvgIpc) is 4.01. The van der Waals surface area contributed by atoms with Crippen molar-refractivity contribution >= 4 is 75.3 Å². The van der Waals surface area contributed by atoms with E-state index >= 15 is 8.78 Å². The molecule has 1 fully saturated rings. The number of carbonyl (C=O) groups is 3. The Morgan fingerprint density at radius 3 is 2.27 bits per heavy atom. The Balaban J connectivity index is 0.829. The second-order valence-corrected chi connectivity index (χ2v) is 22.5. The van der Waals surface area contributed by atoms with Crippen LogP contribution in [0.25, 0.3) is 5.00 Å². The minimum absolute atomic E-state index is 0.0392. The summed E-state index contributed by atoms with van der Waals surface area (Å²) in [5.41, 5.74) is 1.76. The van der Waals surface area contributed by atoms with Gasteiger partial charge in [0.25, 0.3) is 5.91 Å². The Bertz CT molecular complexity index is 3270. The molecule has 0 bridgehead atoms. The lowest BCUT2D eigenvalue weighted by atomic mass is 9.62. The monoisotopic (exact) mass is 1130 g/mol. The number of hydrogen-bond donors (Lipinski definition) is 4. The van der Waals surface area contributed by atoms with Crippen LogP contribution in [0.15, 0.2) is 83.9 Å².